The van der Waals surface area contributed by atoms with Crippen LogP contribution >= 0.6 is 0 Å². The predicted octanol–water partition coefficient (Wildman–Crippen LogP) is 3.21. The molecule has 0 aromatic carbocycles. The van der Waals surface area contributed by atoms with Crippen molar-refractivity contribution in [2.24, 2.45) is 5.92 Å². The first-order valence-corrected chi connectivity index (χ1v) is 6.14. The maximum atomic E-state index is 2.70. The van der Waals surface area contributed by atoms with E-state index in [4.69, 9.17) is 0 Å². The van der Waals surface area contributed by atoms with E-state index in [9.17, 15) is 0 Å². The van der Waals surface area contributed by atoms with Gasteiger partial charge in [0, 0.05) is 18.1 Å². The van der Waals surface area contributed by atoms with Gasteiger partial charge in [-0.05, 0) is 45.4 Å². The highest BCUT2D eigenvalue weighted by Crippen LogP contribution is 2.31. The van der Waals surface area contributed by atoms with E-state index in [-0.39, 0.29) is 0 Å². The molecule has 0 amide bonds. The van der Waals surface area contributed by atoms with Gasteiger partial charge in [-0.2, -0.15) is 0 Å². The fourth-order valence-corrected chi connectivity index (χ4v) is 3.10. The van der Waals surface area contributed by atoms with E-state index in [0.717, 1.165) is 12.0 Å². The Morgan fingerprint density at radius 2 is 1.36 bits per heavy atom. The summed E-state index contributed by atoms with van der Waals surface area (Å²) in [5.74, 6) is 0.965. The van der Waals surface area contributed by atoms with Crippen molar-refractivity contribution in [2.45, 2.75) is 64.6 Å². The summed E-state index contributed by atoms with van der Waals surface area (Å²) in [7, 11) is 0. The largest absolute Gasteiger partial charge is 0.288 e. The predicted molar refractivity (Wildman–Crippen MR) is 61.3 cm³/mol. The van der Waals surface area contributed by atoms with Crippen LogP contribution in [0.15, 0.2) is 12.2 Å². The molecule has 0 bridgehead atoms. The first kappa shape index (κ1) is 10.2. The highest BCUT2D eigenvalue weighted by molar-refractivity contribution is 5.09. The van der Waals surface area contributed by atoms with E-state index in [1.165, 1.54) is 25.7 Å². The number of nitrogens with zero attached hydrogens (tertiary/aromatic N) is 1. The normalized spacial score (nSPS) is 44.5. The second kappa shape index (κ2) is 4.06. The molecule has 0 N–H and O–H groups in total. The van der Waals surface area contributed by atoms with E-state index in [1.807, 2.05) is 0 Å². The number of hydrogen-bond acceptors (Lipinski definition) is 1. The molecule has 1 fully saturated rings. The third-order valence-electron chi connectivity index (χ3n) is 4.02. The Balaban J connectivity index is 1.95. The van der Waals surface area contributed by atoms with Crippen LogP contribution in [0.2, 0.25) is 0 Å². The molecular weight excluding hydrogens is 170 g/mol. The van der Waals surface area contributed by atoms with Gasteiger partial charge in [0.25, 0.3) is 0 Å². The monoisotopic (exact) mass is 193 g/mol. The smallest absolute Gasteiger partial charge is 0.0259 e. The van der Waals surface area contributed by atoms with Crippen molar-refractivity contribution in [1.29, 1.82) is 0 Å². The third kappa shape index (κ3) is 1.88. The molecule has 0 radical (unpaired) electrons. The van der Waals surface area contributed by atoms with E-state index in [2.05, 4.69) is 37.8 Å². The molecule has 1 heteroatoms. The van der Waals surface area contributed by atoms with Crippen LogP contribution in [0.3, 0.4) is 0 Å². The first-order chi connectivity index (χ1) is 6.68. The van der Waals surface area contributed by atoms with E-state index in [0.29, 0.717) is 12.1 Å². The molecule has 0 aromatic rings. The van der Waals surface area contributed by atoms with Gasteiger partial charge in [-0.25, -0.2) is 0 Å². The van der Waals surface area contributed by atoms with E-state index in [1.54, 1.807) is 0 Å². The van der Waals surface area contributed by atoms with Crippen molar-refractivity contribution in [3.63, 3.8) is 0 Å². The fraction of sp³-hybridized carbons (Fsp3) is 0.846. The summed E-state index contributed by atoms with van der Waals surface area (Å²) in [6.45, 7) is 7.06. The summed E-state index contributed by atoms with van der Waals surface area (Å²) in [4.78, 5) is 2.70. The SMILES string of the molecule is CC1CCC(N2C(C)C=CC2C)CC1. The van der Waals surface area contributed by atoms with Crippen molar-refractivity contribution in [3.05, 3.63) is 12.2 Å². The molecule has 14 heavy (non-hydrogen) atoms. The van der Waals surface area contributed by atoms with Gasteiger partial charge >= 0.3 is 0 Å². The van der Waals surface area contributed by atoms with Crippen LogP contribution in [0.25, 0.3) is 0 Å². The lowest BCUT2D eigenvalue weighted by Gasteiger charge is -2.38. The molecule has 0 saturated heterocycles. The lowest BCUT2D eigenvalue weighted by molar-refractivity contribution is 0.111. The molecule has 1 heterocycles. The van der Waals surface area contributed by atoms with Crippen LogP contribution in [0.1, 0.15) is 46.5 Å². The van der Waals surface area contributed by atoms with Gasteiger partial charge < -0.3 is 0 Å². The van der Waals surface area contributed by atoms with Crippen LogP contribution in [0, 0.1) is 5.92 Å². The van der Waals surface area contributed by atoms with Gasteiger partial charge in [0.2, 0.25) is 0 Å². The maximum absolute atomic E-state index is 2.70. The molecule has 2 unspecified atom stereocenters. The van der Waals surface area contributed by atoms with Crippen molar-refractivity contribution >= 4 is 0 Å². The van der Waals surface area contributed by atoms with E-state index >= 15 is 0 Å². The number of rotatable bonds is 1. The molecule has 0 spiro atoms. The average Bonchev–Trinajstić information content (AvgIpc) is 2.49. The minimum Gasteiger partial charge on any atom is -0.288 e. The van der Waals surface area contributed by atoms with Gasteiger partial charge in [-0.1, -0.05) is 19.1 Å². The molecule has 1 aliphatic carbocycles. The van der Waals surface area contributed by atoms with Gasteiger partial charge in [0.1, 0.15) is 0 Å². The summed E-state index contributed by atoms with van der Waals surface area (Å²) in [5, 5.41) is 0. The summed E-state index contributed by atoms with van der Waals surface area (Å²) in [5.41, 5.74) is 0. The zero-order valence-corrected chi connectivity index (χ0v) is 9.74. The second-order valence-electron chi connectivity index (χ2n) is 5.23. The molecule has 2 aliphatic rings. The Kier molecular flexibility index (Phi) is 2.96. The number of hydrogen-bond donors (Lipinski definition) is 0. The van der Waals surface area contributed by atoms with Crippen molar-refractivity contribution in [3.8, 4) is 0 Å². The summed E-state index contributed by atoms with van der Waals surface area (Å²) in [6, 6.07) is 2.19. The van der Waals surface area contributed by atoms with Crippen LogP contribution < -0.4 is 0 Å². The second-order valence-corrected chi connectivity index (χ2v) is 5.23. The highest BCUT2D eigenvalue weighted by Gasteiger charge is 2.31. The molecule has 1 aliphatic heterocycles. The van der Waals surface area contributed by atoms with Crippen LogP contribution in [0.5, 0.6) is 0 Å². The first-order valence-electron chi connectivity index (χ1n) is 6.14. The Morgan fingerprint density at radius 1 is 0.857 bits per heavy atom. The van der Waals surface area contributed by atoms with Gasteiger partial charge in [-0.3, -0.25) is 4.90 Å². The Morgan fingerprint density at radius 3 is 1.86 bits per heavy atom. The fourth-order valence-electron chi connectivity index (χ4n) is 3.10. The molecule has 1 saturated carbocycles. The summed E-state index contributed by atoms with van der Waals surface area (Å²) < 4.78 is 0. The Hall–Kier alpha value is -0.300. The third-order valence-corrected chi connectivity index (χ3v) is 4.02. The Labute approximate surface area is 88.2 Å². The topological polar surface area (TPSA) is 3.24 Å². The van der Waals surface area contributed by atoms with Crippen molar-refractivity contribution < 1.29 is 0 Å². The minimum atomic E-state index is 0.670. The molecule has 2 rings (SSSR count). The van der Waals surface area contributed by atoms with Crippen LogP contribution in [0.4, 0.5) is 0 Å². The lowest BCUT2D eigenvalue weighted by Crippen LogP contribution is -2.44. The zero-order valence-electron chi connectivity index (χ0n) is 9.74. The quantitative estimate of drug-likeness (QED) is 0.578. The van der Waals surface area contributed by atoms with Crippen LogP contribution in [-0.4, -0.2) is 23.0 Å². The maximum Gasteiger partial charge on any atom is 0.0259 e. The molecule has 2 atom stereocenters. The summed E-state index contributed by atoms with van der Waals surface area (Å²) >= 11 is 0. The van der Waals surface area contributed by atoms with Crippen LogP contribution in [-0.2, 0) is 0 Å². The molecular formula is C13H23N. The van der Waals surface area contributed by atoms with E-state index < -0.39 is 0 Å². The zero-order chi connectivity index (χ0) is 10.1. The lowest BCUT2D eigenvalue weighted by atomic mass is 9.86. The highest BCUT2D eigenvalue weighted by atomic mass is 15.2. The summed E-state index contributed by atoms with van der Waals surface area (Å²) in [6.07, 6.45) is 10.4. The molecule has 0 aromatic heterocycles. The molecule has 80 valence electrons. The Bertz CT molecular complexity index is 201. The average molecular weight is 193 g/mol. The van der Waals surface area contributed by atoms with Gasteiger partial charge in [0.05, 0.1) is 0 Å². The van der Waals surface area contributed by atoms with Gasteiger partial charge in [-0.15, -0.1) is 0 Å². The van der Waals surface area contributed by atoms with Gasteiger partial charge in [0.15, 0.2) is 0 Å². The minimum absolute atomic E-state index is 0.670. The standard InChI is InChI=1S/C13H23N/c1-10-4-8-13(9-5-10)14-11(2)6-7-12(14)3/h6-7,10-13H,4-5,8-9H2,1-3H3. The van der Waals surface area contributed by atoms with Crippen molar-refractivity contribution in [2.75, 3.05) is 0 Å². The van der Waals surface area contributed by atoms with Crippen molar-refractivity contribution in [1.82, 2.24) is 4.90 Å². The molecule has 1 nitrogen and oxygen atoms in total.